The van der Waals surface area contributed by atoms with Crippen molar-refractivity contribution in [2.45, 2.75) is 25.8 Å². The van der Waals surface area contributed by atoms with Gasteiger partial charge in [-0.3, -0.25) is 4.79 Å². The molecule has 1 heterocycles. The molecule has 1 N–H and O–H groups in total. The maximum atomic E-state index is 11.0. The number of halogens is 3. The molecule has 1 aromatic heterocycles. The molecule has 0 saturated heterocycles. The van der Waals surface area contributed by atoms with Crippen molar-refractivity contribution < 1.29 is 9.90 Å². The highest BCUT2D eigenvalue weighted by Crippen LogP contribution is 2.37. The number of unbranched alkanes of at least 4 members (excludes halogenated alkanes) is 1. The SMILES string of the molecule is O=C(O)CCCCn1c(-c2ccc(Cl)cc2)nc(-c2ccc(Cl)cc2)c1-c1ccc(Cl)cc1. The molecule has 0 fully saturated rings. The Kier molecular flexibility index (Phi) is 7.39. The third-order valence-electron chi connectivity index (χ3n) is 5.33. The number of rotatable bonds is 8. The minimum Gasteiger partial charge on any atom is -0.481 e. The highest BCUT2D eigenvalue weighted by atomic mass is 35.5. The summed E-state index contributed by atoms with van der Waals surface area (Å²) < 4.78 is 2.15. The van der Waals surface area contributed by atoms with Gasteiger partial charge in [0.05, 0.1) is 11.4 Å². The highest BCUT2D eigenvalue weighted by molar-refractivity contribution is 6.31. The minimum absolute atomic E-state index is 0.130. The van der Waals surface area contributed by atoms with Gasteiger partial charge in [-0.25, -0.2) is 4.98 Å². The number of aromatic nitrogens is 2. The van der Waals surface area contributed by atoms with E-state index in [4.69, 9.17) is 44.9 Å². The molecule has 0 spiro atoms. The number of carboxylic acids is 1. The molecule has 4 rings (SSSR count). The van der Waals surface area contributed by atoms with E-state index in [1.54, 1.807) is 0 Å². The van der Waals surface area contributed by atoms with E-state index in [1.165, 1.54) is 0 Å². The first-order chi connectivity index (χ1) is 15.9. The average molecular weight is 500 g/mol. The summed E-state index contributed by atoms with van der Waals surface area (Å²) >= 11 is 18.4. The lowest BCUT2D eigenvalue weighted by Gasteiger charge is -2.14. The largest absolute Gasteiger partial charge is 0.481 e. The van der Waals surface area contributed by atoms with Crippen molar-refractivity contribution in [1.29, 1.82) is 0 Å². The fraction of sp³-hybridized carbons (Fsp3) is 0.154. The van der Waals surface area contributed by atoms with E-state index in [0.717, 1.165) is 33.9 Å². The van der Waals surface area contributed by atoms with E-state index in [2.05, 4.69) is 4.57 Å². The van der Waals surface area contributed by atoms with Crippen molar-refractivity contribution in [2.24, 2.45) is 0 Å². The van der Waals surface area contributed by atoms with E-state index < -0.39 is 5.97 Å². The van der Waals surface area contributed by atoms with Gasteiger partial charge in [0.2, 0.25) is 0 Å². The molecule has 0 bridgehead atoms. The minimum atomic E-state index is -0.793. The Morgan fingerprint density at radius 1 is 0.727 bits per heavy atom. The van der Waals surface area contributed by atoms with Crippen LogP contribution in [0.3, 0.4) is 0 Å². The van der Waals surface area contributed by atoms with Crippen LogP contribution in [0.2, 0.25) is 15.1 Å². The van der Waals surface area contributed by atoms with Crippen LogP contribution in [0.1, 0.15) is 19.3 Å². The molecule has 168 valence electrons. The van der Waals surface area contributed by atoms with E-state index >= 15 is 0 Å². The number of benzene rings is 3. The lowest BCUT2D eigenvalue weighted by molar-refractivity contribution is -0.137. The third-order valence-corrected chi connectivity index (χ3v) is 6.08. The summed E-state index contributed by atoms with van der Waals surface area (Å²) in [6.07, 6.45) is 1.40. The summed E-state index contributed by atoms with van der Waals surface area (Å²) in [6, 6.07) is 22.8. The second kappa shape index (κ2) is 10.4. The normalized spacial score (nSPS) is 11.0. The number of aliphatic carboxylic acids is 1. The molecule has 0 aliphatic heterocycles. The molecule has 0 radical (unpaired) electrons. The lowest BCUT2D eigenvalue weighted by Crippen LogP contribution is -2.04. The monoisotopic (exact) mass is 498 g/mol. The van der Waals surface area contributed by atoms with Gasteiger partial charge in [-0.05, 0) is 61.4 Å². The first kappa shape index (κ1) is 23.4. The van der Waals surface area contributed by atoms with Crippen LogP contribution in [0.5, 0.6) is 0 Å². The Hall–Kier alpha value is -2.79. The van der Waals surface area contributed by atoms with Crippen molar-refractivity contribution in [3.05, 3.63) is 87.9 Å². The quantitative estimate of drug-likeness (QED) is 0.249. The van der Waals surface area contributed by atoms with Gasteiger partial charge in [0.15, 0.2) is 0 Å². The molecule has 3 aromatic carbocycles. The average Bonchev–Trinajstić information content (AvgIpc) is 3.17. The Balaban J connectivity index is 1.90. The van der Waals surface area contributed by atoms with Crippen LogP contribution in [0, 0.1) is 0 Å². The third kappa shape index (κ3) is 5.59. The molecule has 0 amide bonds. The van der Waals surface area contributed by atoms with Crippen LogP contribution >= 0.6 is 34.8 Å². The molecule has 0 unspecified atom stereocenters. The van der Waals surface area contributed by atoms with Crippen molar-refractivity contribution >= 4 is 40.8 Å². The summed E-state index contributed by atoms with van der Waals surface area (Å²) in [5.74, 6) is -0.00442. The number of hydrogen-bond donors (Lipinski definition) is 1. The van der Waals surface area contributed by atoms with E-state index in [9.17, 15) is 4.79 Å². The van der Waals surface area contributed by atoms with E-state index in [0.29, 0.717) is 34.5 Å². The van der Waals surface area contributed by atoms with Gasteiger partial charge in [0.1, 0.15) is 5.82 Å². The maximum Gasteiger partial charge on any atom is 0.303 e. The van der Waals surface area contributed by atoms with E-state index in [1.807, 2.05) is 72.8 Å². The smallest absolute Gasteiger partial charge is 0.303 e. The number of imidazole rings is 1. The number of carboxylic acid groups (broad SMARTS) is 1. The van der Waals surface area contributed by atoms with Gasteiger partial charge in [0, 0.05) is 44.7 Å². The summed E-state index contributed by atoms with van der Waals surface area (Å²) in [4.78, 5) is 16.1. The molecule has 0 aliphatic carbocycles. The van der Waals surface area contributed by atoms with Gasteiger partial charge in [0.25, 0.3) is 0 Å². The molecule has 33 heavy (non-hydrogen) atoms. The van der Waals surface area contributed by atoms with Crippen LogP contribution in [0.4, 0.5) is 0 Å². The summed E-state index contributed by atoms with van der Waals surface area (Å²) in [5.41, 5.74) is 4.58. The highest BCUT2D eigenvalue weighted by Gasteiger charge is 2.21. The molecule has 0 saturated carbocycles. The topological polar surface area (TPSA) is 55.1 Å². The van der Waals surface area contributed by atoms with Crippen molar-refractivity contribution in [3.63, 3.8) is 0 Å². The van der Waals surface area contributed by atoms with Crippen LogP contribution in [-0.4, -0.2) is 20.6 Å². The molecule has 4 nitrogen and oxygen atoms in total. The molecular weight excluding hydrogens is 479 g/mol. The summed E-state index contributed by atoms with van der Waals surface area (Å²) in [5, 5.41) is 11.0. The Bertz CT molecular complexity index is 1250. The van der Waals surface area contributed by atoms with Gasteiger partial charge < -0.3 is 9.67 Å². The number of carbonyl (C=O) groups is 1. The maximum absolute atomic E-state index is 11.0. The zero-order valence-electron chi connectivity index (χ0n) is 17.6. The van der Waals surface area contributed by atoms with Gasteiger partial charge in [-0.2, -0.15) is 0 Å². The van der Waals surface area contributed by atoms with Crippen molar-refractivity contribution in [2.75, 3.05) is 0 Å². The van der Waals surface area contributed by atoms with Gasteiger partial charge in [-0.1, -0.05) is 59.1 Å². The predicted octanol–water partition coefficient (Wildman–Crippen LogP) is 8.10. The number of nitrogens with zero attached hydrogens (tertiary/aromatic N) is 2. The standard InChI is InChI=1S/C26H21Cl3N2O2/c27-20-10-4-17(5-11-20)24-25(18-6-12-21(28)13-7-18)31(16-2-1-3-23(32)33)26(30-24)19-8-14-22(29)15-9-19/h4-15H,1-3,16H2,(H,32,33). The zero-order chi connectivity index (χ0) is 23.4. The number of hydrogen-bond acceptors (Lipinski definition) is 2. The Morgan fingerprint density at radius 2 is 1.21 bits per heavy atom. The molecule has 0 atom stereocenters. The Morgan fingerprint density at radius 3 is 1.73 bits per heavy atom. The zero-order valence-corrected chi connectivity index (χ0v) is 19.9. The lowest BCUT2D eigenvalue weighted by atomic mass is 10.0. The summed E-state index contributed by atoms with van der Waals surface area (Å²) in [7, 11) is 0. The Labute approximate surface area is 207 Å². The molecule has 0 aliphatic rings. The van der Waals surface area contributed by atoms with Crippen LogP contribution in [0.25, 0.3) is 33.9 Å². The second-order valence-corrected chi connectivity index (χ2v) is 8.97. The first-order valence-electron chi connectivity index (χ1n) is 10.5. The van der Waals surface area contributed by atoms with Crippen molar-refractivity contribution in [1.82, 2.24) is 9.55 Å². The second-order valence-electron chi connectivity index (χ2n) is 7.66. The van der Waals surface area contributed by atoms with Gasteiger partial charge in [-0.15, -0.1) is 0 Å². The van der Waals surface area contributed by atoms with Gasteiger partial charge >= 0.3 is 5.97 Å². The van der Waals surface area contributed by atoms with Crippen LogP contribution in [-0.2, 0) is 11.3 Å². The molecule has 4 aromatic rings. The first-order valence-corrected chi connectivity index (χ1v) is 11.7. The predicted molar refractivity (Wildman–Crippen MR) is 135 cm³/mol. The van der Waals surface area contributed by atoms with Crippen LogP contribution in [0.15, 0.2) is 72.8 Å². The van der Waals surface area contributed by atoms with E-state index in [-0.39, 0.29) is 6.42 Å². The molecular formula is C26H21Cl3N2O2. The fourth-order valence-electron chi connectivity index (χ4n) is 3.75. The fourth-order valence-corrected chi connectivity index (χ4v) is 4.12. The molecule has 7 heteroatoms. The summed E-state index contributed by atoms with van der Waals surface area (Å²) in [6.45, 7) is 0.615. The van der Waals surface area contributed by atoms with Crippen LogP contribution < -0.4 is 0 Å². The van der Waals surface area contributed by atoms with Crippen molar-refractivity contribution in [3.8, 4) is 33.9 Å².